The van der Waals surface area contributed by atoms with Gasteiger partial charge in [-0.25, -0.2) is 0 Å². The number of hydrogen-bond acceptors (Lipinski definition) is 3. The van der Waals surface area contributed by atoms with Crippen LogP contribution in [0.5, 0.6) is 0 Å². The summed E-state index contributed by atoms with van der Waals surface area (Å²) >= 11 is 0. The molecule has 0 fully saturated rings. The van der Waals surface area contributed by atoms with Gasteiger partial charge >= 0.3 is 5.97 Å². The maximum atomic E-state index is 11.8. The van der Waals surface area contributed by atoms with Crippen LogP contribution in [-0.4, -0.2) is 29.6 Å². The van der Waals surface area contributed by atoms with Gasteiger partial charge in [-0.05, 0) is 19.8 Å². The van der Waals surface area contributed by atoms with E-state index in [1.807, 2.05) is 0 Å². The third-order valence-electron chi connectivity index (χ3n) is 3.40. The van der Waals surface area contributed by atoms with Crippen molar-refractivity contribution in [3.05, 3.63) is 12.2 Å². The first-order valence-corrected chi connectivity index (χ1v) is 5.84. The van der Waals surface area contributed by atoms with E-state index in [4.69, 9.17) is 10.8 Å². The summed E-state index contributed by atoms with van der Waals surface area (Å²) in [5, 5.41) is 11.8. The maximum absolute atomic E-state index is 11.8. The molecule has 0 aliphatic heterocycles. The Labute approximate surface area is 101 Å². The zero-order valence-electron chi connectivity index (χ0n) is 10.3. The first-order valence-electron chi connectivity index (χ1n) is 5.84. The van der Waals surface area contributed by atoms with Gasteiger partial charge in [0, 0.05) is 12.6 Å². The Balaban J connectivity index is 2.48. The van der Waals surface area contributed by atoms with Gasteiger partial charge in [-0.3, -0.25) is 9.59 Å². The van der Waals surface area contributed by atoms with Crippen LogP contribution in [0.1, 0.15) is 26.7 Å². The highest BCUT2D eigenvalue weighted by molar-refractivity contribution is 5.82. The second-order valence-corrected chi connectivity index (χ2v) is 4.83. The topological polar surface area (TPSA) is 92.4 Å². The van der Waals surface area contributed by atoms with Crippen molar-refractivity contribution in [2.45, 2.75) is 32.7 Å². The average molecular weight is 240 g/mol. The molecule has 0 heterocycles. The van der Waals surface area contributed by atoms with Crippen molar-refractivity contribution >= 4 is 11.9 Å². The predicted octanol–water partition coefficient (Wildman–Crippen LogP) is 0.507. The van der Waals surface area contributed by atoms with Crippen molar-refractivity contribution in [1.29, 1.82) is 0 Å². The summed E-state index contributed by atoms with van der Waals surface area (Å²) in [6.45, 7) is 3.58. The minimum atomic E-state index is -0.903. The number of aliphatic carboxylic acids is 1. The van der Waals surface area contributed by atoms with Gasteiger partial charge in [0.15, 0.2) is 0 Å². The summed E-state index contributed by atoms with van der Waals surface area (Å²) in [7, 11) is 0. The number of nitrogens with one attached hydrogen (secondary N) is 1. The Bertz CT molecular complexity index is 341. The van der Waals surface area contributed by atoms with Crippen LogP contribution in [-0.2, 0) is 9.59 Å². The molecule has 1 amide bonds. The molecule has 96 valence electrons. The molecular formula is C12H20N2O3. The number of carboxylic acids is 1. The largest absolute Gasteiger partial charge is 0.481 e. The standard InChI is InChI=1S/C12H20N2O3/c1-3-12(2,11(16)17)7-14-10(15)8-4-5-9(13)6-8/h4-5,8-9H,3,6-7,13H2,1-2H3,(H,14,15)(H,16,17). The van der Waals surface area contributed by atoms with Crippen LogP contribution in [0.3, 0.4) is 0 Å². The van der Waals surface area contributed by atoms with Crippen molar-refractivity contribution in [2.75, 3.05) is 6.54 Å². The fraction of sp³-hybridized carbons (Fsp3) is 0.667. The molecule has 4 N–H and O–H groups in total. The number of amides is 1. The molecule has 5 heteroatoms. The summed E-state index contributed by atoms with van der Waals surface area (Å²) in [6.07, 6.45) is 4.66. The van der Waals surface area contributed by atoms with Crippen LogP contribution in [0.25, 0.3) is 0 Å². The van der Waals surface area contributed by atoms with E-state index >= 15 is 0 Å². The quantitative estimate of drug-likeness (QED) is 0.610. The smallest absolute Gasteiger partial charge is 0.311 e. The van der Waals surface area contributed by atoms with E-state index in [1.165, 1.54) is 0 Å². The predicted molar refractivity (Wildman–Crippen MR) is 64.3 cm³/mol. The molecular weight excluding hydrogens is 220 g/mol. The molecule has 0 bridgehead atoms. The number of rotatable bonds is 5. The molecule has 3 unspecified atom stereocenters. The van der Waals surface area contributed by atoms with Gasteiger partial charge in [0.05, 0.1) is 11.3 Å². The van der Waals surface area contributed by atoms with Crippen LogP contribution in [0.4, 0.5) is 0 Å². The van der Waals surface area contributed by atoms with Crippen LogP contribution in [0.2, 0.25) is 0 Å². The molecule has 3 atom stereocenters. The minimum Gasteiger partial charge on any atom is -0.481 e. The lowest BCUT2D eigenvalue weighted by molar-refractivity contribution is -0.148. The lowest BCUT2D eigenvalue weighted by Gasteiger charge is -2.24. The molecule has 5 nitrogen and oxygen atoms in total. The normalized spacial score (nSPS) is 26.5. The number of carbonyl (C=O) groups is 2. The van der Waals surface area contributed by atoms with E-state index in [-0.39, 0.29) is 24.4 Å². The number of nitrogens with two attached hydrogens (primary N) is 1. The molecule has 1 aliphatic carbocycles. The van der Waals surface area contributed by atoms with E-state index in [1.54, 1.807) is 26.0 Å². The van der Waals surface area contributed by atoms with Gasteiger partial charge in [0.25, 0.3) is 0 Å². The van der Waals surface area contributed by atoms with Gasteiger partial charge < -0.3 is 16.2 Å². The Morgan fingerprint density at radius 3 is 2.59 bits per heavy atom. The second-order valence-electron chi connectivity index (χ2n) is 4.83. The molecule has 0 radical (unpaired) electrons. The fourth-order valence-electron chi connectivity index (χ4n) is 1.69. The van der Waals surface area contributed by atoms with E-state index < -0.39 is 11.4 Å². The molecule has 0 spiro atoms. The summed E-state index contributed by atoms with van der Waals surface area (Å²) in [5.74, 6) is -1.26. The Kier molecular flexibility index (Phi) is 4.28. The van der Waals surface area contributed by atoms with E-state index in [0.29, 0.717) is 12.8 Å². The van der Waals surface area contributed by atoms with Crippen molar-refractivity contribution < 1.29 is 14.7 Å². The molecule has 0 aromatic heterocycles. The van der Waals surface area contributed by atoms with Gasteiger partial charge in [-0.2, -0.15) is 0 Å². The van der Waals surface area contributed by atoms with Crippen LogP contribution in [0, 0.1) is 11.3 Å². The summed E-state index contributed by atoms with van der Waals surface area (Å²) in [6, 6.07) is -0.0669. The molecule has 0 aromatic carbocycles. The van der Waals surface area contributed by atoms with Crippen molar-refractivity contribution in [3.63, 3.8) is 0 Å². The highest BCUT2D eigenvalue weighted by atomic mass is 16.4. The van der Waals surface area contributed by atoms with Gasteiger partial charge in [0.1, 0.15) is 0 Å². The zero-order valence-corrected chi connectivity index (χ0v) is 10.3. The fourth-order valence-corrected chi connectivity index (χ4v) is 1.69. The highest BCUT2D eigenvalue weighted by Gasteiger charge is 2.32. The van der Waals surface area contributed by atoms with Crippen LogP contribution >= 0.6 is 0 Å². The maximum Gasteiger partial charge on any atom is 0.311 e. The molecule has 0 saturated carbocycles. The lowest BCUT2D eigenvalue weighted by atomic mass is 9.87. The second kappa shape index (κ2) is 5.31. The number of carbonyl (C=O) groups excluding carboxylic acids is 1. The number of carboxylic acid groups (broad SMARTS) is 1. The lowest BCUT2D eigenvalue weighted by Crippen LogP contribution is -2.42. The van der Waals surface area contributed by atoms with E-state index in [2.05, 4.69) is 5.32 Å². The molecule has 1 rings (SSSR count). The van der Waals surface area contributed by atoms with Crippen molar-refractivity contribution in [2.24, 2.45) is 17.1 Å². The average Bonchev–Trinajstić information content (AvgIpc) is 2.72. The number of hydrogen-bond donors (Lipinski definition) is 3. The SMILES string of the molecule is CCC(C)(CNC(=O)C1C=CC(N)C1)C(=O)O. The van der Waals surface area contributed by atoms with Crippen molar-refractivity contribution in [1.82, 2.24) is 5.32 Å². The molecule has 0 saturated heterocycles. The van der Waals surface area contributed by atoms with Gasteiger partial charge in [-0.15, -0.1) is 0 Å². The summed E-state index contributed by atoms with van der Waals surface area (Å²) in [4.78, 5) is 22.8. The molecule has 1 aliphatic rings. The zero-order chi connectivity index (χ0) is 13.1. The Morgan fingerprint density at radius 2 is 2.18 bits per heavy atom. The van der Waals surface area contributed by atoms with Gasteiger partial charge in [0.2, 0.25) is 5.91 Å². The first-order chi connectivity index (χ1) is 7.89. The third-order valence-corrected chi connectivity index (χ3v) is 3.40. The van der Waals surface area contributed by atoms with E-state index in [9.17, 15) is 9.59 Å². The Morgan fingerprint density at radius 1 is 1.53 bits per heavy atom. The minimum absolute atomic E-state index is 0.0669. The first kappa shape index (κ1) is 13.7. The van der Waals surface area contributed by atoms with Crippen LogP contribution < -0.4 is 11.1 Å². The molecule has 17 heavy (non-hydrogen) atoms. The summed E-state index contributed by atoms with van der Waals surface area (Å²) < 4.78 is 0. The van der Waals surface area contributed by atoms with Gasteiger partial charge in [-0.1, -0.05) is 19.1 Å². The van der Waals surface area contributed by atoms with E-state index in [0.717, 1.165) is 0 Å². The third kappa shape index (κ3) is 3.30. The van der Waals surface area contributed by atoms with Crippen molar-refractivity contribution in [3.8, 4) is 0 Å². The van der Waals surface area contributed by atoms with Crippen LogP contribution in [0.15, 0.2) is 12.2 Å². The Hall–Kier alpha value is -1.36. The highest BCUT2D eigenvalue weighted by Crippen LogP contribution is 2.21. The summed E-state index contributed by atoms with van der Waals surface area (Å²) in [5.41, 5.74) is 4.76. The monoisotopic (exact) mass is 240 g/mol. The molecule has 0 aromatic rings.